The molecule has 0 radical (unpaired) electrons. The fourth-order valence-electron chi connectivity index (χ4n) is 0.765. The largest absolute Gasteiger partial charge is 0.382 e. The number of hydrogen-bond acceptors (Lipinski definition) is 6. The quantitative estimate of drug-likeness (QED) is 0.538. The lowest BCUT2D eigenvalue weighted by atomic mass is 10.3. The summed E-state index contributed by atoms with van der Waals surface area (Å²) in [5, 5.41) is 11.3. The van der Waals surface area contributed by atoms with Crippen molar-refractivity contribution >= 4 is 33.7 Å². The Morgan fingerprint density at radius 1 is 1.79 bits per heavy atom. The fourth-order valence-corrected chi connectivity index (χ4v) is 1.05. The number of anilines is 1. The Morgan fingerprint density at radius 3 is 3.14 bits per heavy atom. The highest BCUT2D eigenvalue weighted by Crippen LogP contribution is 2.10. The van der Waals surface area contributed by atoms with Crippen molar-refractivity contribution in [3.05, 3.63) is 16.5 Å². The molecule has 0 amide bonds. The average Bonchev–Trinajstić information content (AvgIpc) is 2.18. The van der Waals surface area contributed by atoms with E-state index in [1.54, 1.807) is 7.05 Å². The molecule has 0 aliphatic carbocycles. The van der Waals surface area contributed by atoms with Crippen LogP contribution in [0.1, 0.15) is 5.69 Å². The van der Waals surface area contributed by atoms with Gasteiger partial charge in [0.1, 0.15) is 16.0 Å². The van der Waals surface area contributed by atoms with Crippen LogP contribution in [-0.2, 0) is 0 Å². The molecule has 0 aromatic carbocycles. The molecule has 74 valence electrons. The lowest BCUT2D eigenvalue weighted by Gasteiger charge is -2.01. The number of nitrogen functional groups attached to an aromatic ring is 1. The molecule has 0 aliphatic rings. The van der Waals surface area contributed by atoms with Gasteiger partial charge < -0.3 is 11.2 Å². The zero-order chi connectivity index (χ0) is 10.6. The Balaban J connectivity index is 3.00. The van der Waals surface area contributed by atoms with E-state index >= 15 is 0 Å². The summed E-state index contributed by atoms with van der Waals surface area (Å²) in [5.41, 5.74) is 8.48. The van der Waals surface area contributed by atoms with Crippen LogP contribution in [0, 0.1) is 5.41 Å². The summed E-state index contributed by atoms with van der Waals surface area (Å²) in [4.78, 5) is 7.86. The number of halogens is 1. The molecule has 14 heavy (non-hydrogen) atoms. The van der Waals surface area contributed by atoms with Gasteiger partial charge in [-0.25, -0.2) is 9.97 Å². The number of aromatic nitrogens is 2. The summed E-state index contributed by atoms with van der Waals surface area (Å²) in [6, 6.07) is 0. The van der Waals surface area contributed by atoms with Gasteiger partial charge in [-0.2, -0.15) is 5.10 Å². The molecule has 1 aromatic heterocycles. The first-order valence-corrected chi connectivity index (χ1v) is 4.51. The van der Waals surface area contributed by atoms with E-state index in [4.69, 9.17) is 11.1 Å². The van der Waals surface area contributed by atoms with Gasteiger partial charge in [-0.1, -0.05) is 0 Å². The fraction of sp³-hybridized carbons (Fsp3) is 0.143. The Bertz CT molecular complexity index is 374. The van der Waals surface area contributed by atoms with Crippen LogP contribution in [0.4, 0.5) is 5.82 Å². The van der Waals surface area contributed by atoms with E-state index in [1.165, 1.54) is 12.4 Å². The third-order valence-electron chi connectivity index (χ3n) is 1.35. The van der Waals surface area contributed by atoms with E-state index in [9.17, 15) is 0 Å². The maximum Gasteiger partial charge on any atom is 0.151 e. The highest BCUT2D eigenvalue weighted by molar-refractivity contribution is 9.10. The first-order valence-electron chi connectivity index (χ1n) is 3.72. The number of nitrogens with one attached hydrogen (secondary N) is 2. The summed E-state index contributed by atoms with van der Waals surface area (Å²) in [5.74, 6) is 0.209. The topological polar surface area (TPSA) is 100 Å². The van der Waals surface area contributed by atoms with Crippen LogP contribution < -0.4 is 11.2 Å². The van der Waals surface area contributed by atoms with E-state index < -0.39 is 0 Å². The average molecular weight is 257 g/mol. The molecule has 1 rings (SSSR count). The summed E-state index contributed by atoms with van der Waals surface area (Å²) in [7, 11) is 1.64. The van der Waals surface area contributed by atoms with Gasteiger partial charge in [0, 0.05) is 7.05 Å². The zero-order valence-electron chi connectivity index (χ0n) is 7.45. The molecule has 1 heterocycles. The Kier molecular flexibility index (Phi) is 3.52. The van der Waals surface area contributed by atoms with Gasteiger partial charge in [-0.05, 0) is 15.9 Å². The van der Waals surface area contributed by atoms with Crippen molar-refractivity contribution in [3.63, 3.8) is 0 Å². The van der Waals surface area contributed by atoms with Crippen LogP contribution in [0.3, 0.4) is 0 Å². The van der Waals surface area contributed by atoms with Crippen LogP contribution in [0.15, 0.2) is 15.9 Å². The maximum absolute atomic E-state index is 7.58. The van der Waals surface area contributed by atoms with Crippen molar-refractivity contribution in [1.82, 2.24) is 15.4 Å². The van der Waals surface area contributed by atoms with Gasteiger partial charge in [0.2, 0.25) is 0 Å². The molecular formula is C7H9BrN6. The lowest BCUT2D eigenvalue weighted by Crippen LogP contribution is -2.11. The molecule has 0 spiro atoms. The molecule has 0 unspecified atom stereocenters. The molecule has 4 N–H and O–H groups in total. The number of rotatable bonds is 3. The van der Waals surface area contributed by atoms with Crippen molar-refractivity contribution in [2.75, 3.05) is 12.8 Å². The summed E-state index contributed by atoms with van der Waals surface area (Å²) in [6.07, 6.45) is 2.79. The van der Waals surface area contributed by atoms with Crippen molar-refractivity contribution in [1.29, 1.82) is 5.41 Å². The van der Waals surface area contributed by atoms with Crippen LogP contribution in [-0.4, -0.2) is 28.9 Å². The second-order valence-corrected chi connectivity index (χ2v) is 3.13. The number of nitrogens with zero attached hydrogens (tertiary/aromatic N) is 3. The molecule has 0 bridgehead atoms. The van der Waals surface area contributed by atoms with E-state index in [2.05, 4.69) is 36.4 Å². The summed E-state index contributed by atoms with van der Waals surface area (Å²) in [6.45, 7) is 0. The van der Waals surface area contributed by atoms with Crippen molar-refractivity contribution in [2.45, 2.75) is 0 Å². The molecule has 0 saturated carbocycles. The highest BCUT2D eigenvalue weighted by Gasteiger charge is 2.07. The monoisotopic (exact) mass is 256 g/mol. The standard InChI is InChI=1S/C7H9BrN6/c1-11-13-2-4(9)6-7(10)12-3-5(8)14-6/h2-3,9,11H,1H3,(H2,10,12)/b9-4?,13-2-. The van der Waals surface area contributed by atoms with E-state index in [0.29, 0.717) is 10.3 Å². The highest BCUT2D eigenvalue weighted by atomic mass is 79.9. The Labute approximate surface area is 89.3 Å². The van der Waals surface area contributed by atoms with E-state index in [0.717, 1.165) is 0 Å². The first-order chi connectivity index (χ1) is 6.65. The molecule has 0 atom stereocenters. The van der Waals surface area contributed by atoms with Crippen molar-refractivity contribution < 1.29 is 0 Å². The maximum atomic E-state index is 7.58. The van der Waals surface area contributed by atoms with Gasteiger partial charge in [-0.15, -0.1) is 0 Å². The molecule has 0 saturated heterocycles. The van der Waals surface area contributed by atoms with Gasteiger partial charge in [0.05, 0.1) is 12.4 Å². The molecule has 1 aromatic rings. The summed E-state index contributed by atoms with van der Waals surface area (Å²) < 4.78 is 0.532. The smallest absolute Gasteiger partial charge is 0.151 e. The van der Waals surface area contributed by atoms with Gasteiger partial charge in [-0.3, -0.25) is 5.41 Å². The number of nitrogens with two attached hydrogens (primary N) is 1. The minimum absolute atomic E-state index is 0.102. The van der Waals surface area contributed by atoms with Gasteiger partial charge in [0.15, 0.2) is 5.82 Å². The second-order valence-electron chi connectivity index (χ2n) is 2.32. The third-order valence-corrected chi connectivity index (χ3v) is 1.73. The van der Waals surface area contributed by atoms with Gasteiger partial charge >= 0.3 is 0 Å². The third kappa shape index (κ3) is 2.49. The molecular weight excluding hydrogens is 248 g/mol. The first kappa shape index (κ1) is 10.6. The summed E-state index contributed by atoms with van der Waals surface area (Å²) >= 11 is 3.15. The predicted octanol–water partition coefficient (Wildman–Crippen LogP) is 0.394. The SMILES string of the molecule is CN/N=C\C(=N)c1nc(Br)cnc1N. The molecule has 7 heteroatoms. The van der Waals surface area contributed by atoms with Crippen LogP contribution in [0.2, 0.25) is 0 Å². The van der Waals surface area contributed by atoms with Crippen LogP contribution in [0.5, 0.6) is 0 Å². The number of hydrogen-bond donors (Lipinski definition) is 3. The second kappa shape index (κ2) is 4.66. The lowest BCUT2D eigenvalue weighted by molar-refractivity contribution is 0.909. The molecule has 6 nitrogen and oxygen atoms in total. The number of hydrazone groups is 1. The van der Waals surface area contributed by atoms with Crippen LogP contribution >= 0.6 is 15.9 Å². The van der Waals surface area contributed by atoms with E-state index in [-0.39, 0.29) is 11.5 Å². The molecule has 0 aliphatic heterocycles. The minimum atomic E-state index is 0.102. The van der Waals surface area contributed by atoms with Crippen molar-refractivity contribution in [2.24, 2.45) is 5.10 Å². The minimum Gasteiger partial charge on any atom is -0.382 e. The van der Waals surface area contributed by atoms with E-state index in [1.807, 2.05) is 0 Å². The zero-order valence-corrected chi connectivity index (χ0v) is 9.04. The van der Waals surface area contributed by atoms with Crippen molar-refractivity contribution in [3.8, 4) is 0 Å². The van der Waals surface area contributed by atoms with Gasteiger partial charge in [0.25, 0.3) is 0 Å². The molecule has 0 fully saturated rings. The van der Waals surface area contributed by atoms with Crippen LogP contribution in [0.25, 0.3) is 0 Å². The Morgan fingerprint density at radius 2 is 2.50 bits per heavy atom. The predicted molar refractivity (Wildman–Crippen MR) is 58.5 cm³/mol. The normalized spacial score (nSPS) is 10.4. The Hall–Kier alpha value is -1.50.